The Hall–Kier alpha value is -3.02. The van der Waals surface area contributed by atoms with E-state index in [1.165, 1.54) is 0 Å². The van der Waals surface area contributed by atoms with Gasteiger partial charge in [0, 0.05) is 11.1 Å². The predicted molar refractivity (Wildman–Crippen MR) is 113 cm³/mol. The van der Waals surface area contributed by atoms with Crippen LogP contribution in [0.1, 0.15) is 48.3 Å². The van der Waals surface area contributed by atoms with Gasteiger partial charge in [-0.3, -0.25) is 9.59 Å². The molecule has 0 fully saturated rings. The number of methoxy groups -OCH3 is 2. The van der Waals surface area contributed by atoms with Gasteiger partial charge in [0.1, 0.15) is 17.5 Å². The Labute approximate surface area is 172 Å². The minimum Gasteiger partial charge on any atom is -0.497 e. The topological polar surface area (TPSA) is 76.7 Å². The molecule has 0 aliphatic carbocycles. The van der Waals surface area contributed by atoms with Crippen LogP contribution in [0, 0.1) is 12.8 Å². The Morgan fingerprint density at radius 3 is 2.21 bits per heavy atom. The lowest BCUT2D eigenvalue weighted by Crippen LogP contribution is -2.50. The fourth-order valence-electron chi connectivity index (χ4n) is 3.14. The van der Waals surface area contributed by atoms with Gasteiger partial charge in [0.05, 0.1) is 20.3 Å². The average Bonchev–Trinajstić information content (AvgIpc) is 2.71. The van der Waals surface area contributed by atoms with Crippen LogP contribution >= 0.6 is 0 Å². The molecule has 0 saturated carbocycles. The second-order valence-corrected chi connectivity index (χ2v) is 7.35. The third-order valence-electron chi connectivity index (χ3n) is 4.89. The quantitative estimate of drug-likeness (QED) is 0.712. The highest BCUT2D eigenvalue weighted by molar-refractivity contribution is 5.98. The van der Waals surface area contributed by atoms with Crippen LogP contribution in [-0.4, -0.2) is 32.1 Å². The minimum atomic E-state index is -0.666. The van der Waals surface area contributed by atoms with E-state index in [-0.39, 0.29) is 23.8 Å². The zero-order valence-electron chi connectivity index (χ0n) is 17.9. The van der Waals surface area contributed by atoms with E-state index < -0.39 is 6.04 Å². The molecule has 0 aliphatic rings. The molecule has 6 heteroatoms. The summed E-state index contributed by atoms with van der Waals surface area (Å²) in [4.78, 5) is 25.7. The van der Waals surface area contributed by atoms with Gasteiger partial charge in [-0.15, -0.1) is 0 Å². The number of carbonyl (C=O) groups excluding carboxylic acids is 2. The molecule has 0 aromatic heterocycles. The lowest BCUT2D eigenvalue weighted by molar-refractivity contribution is -0.124. The first kappa shape index (κ1) is 22.3. The third-order valence-corrected chi connectivity index (χ3v) is 4.89. The first-order valence-electron chi connectivity index (χ1n) is 9.67. The summed E-state index contributed by atoms with van der Waals surface area (Å²) in [6.45, 7) is 7.55. The van der Waals surface area contributed by atoms with Crippen LogP contribution in [0.4, 0.5) is 0 Å². The normalized spacial score (nSPS) is 12.8. The highest BCUT2D eigenvalue weighted by atomic mass is 16.5. The Bertz CT molecular complexity index is 864. The molecule has 0 aliphatic heterocycles. The molecule has 0 spiro atoms. The standard InChI is InChI=1S/C23H30N2O4/c1-14(2)21(25-22(26)18-10-8-7-9-15(18)3)23(27)24-16(4)19-13-17(28-5)11-12-20(19)29-6/h7-14,16,21H,1-6H3,(H,24,27)(H,25,26). The molecule has 2 unspecified atom stereocenters. The van der Waals surface area contributed by atoms with Gasteiger partial charge in [-0.1, -0.05) is 32.0 Å². The summed E-state index contributed by atoms with van der Waals surface area (Å²) in [5.74, 6) is 0.740. The predicted octanol–water partition coefficient (Wildman–Crippen LogP) is 3.64. The van der Waals surface area contributed by atoms with E-state index in [0.29, 0.717) is 17.1 Å². The van der Waals surface area contributed by atoms with E-state index in [1.807, 2.05) is 52.0 Å². The highest BCUT2D eigenvalue weighted by Crippen LogP contribution is 2.29. The maximum Gasteiger partial charge on any atom is 0.252 e. The molecule has 0 saturated heterocycles. The van der Waals surface area contributed by atoms with Crippen LogP contribution in [0.5, 0.6) is 11.5 Å². The molecule has 2 aromatic carbocycles. The van der Waals surface area contributed by atoms with Crippen LogP contribution in [0.2, 0.25) is 0 Å². The molecule has 2 atom stereocenters. The number of hydrogen-bond acceptors (Lipinski definition) is 4. The van der Waals surface area contributed by atoms with Gasteiger partial charge in [0.2, 0.25) is 5.91 Å². The van der Waals surface area contributed by atoms with Crippen LogP contribution in [-0.2, 0) is 4.79 Å². The van der Waals surface area contributed by atoms with Crippen molar-refractivity contribution in [1.82, 2.24) is 10.6 Å². The molecule has 2 rings (SSSR count). The van der Waals surface area contributed by atoms with Crippen molar-refractivity contribution >= 4 is 11.8 Å². The van der Waals surface area contributed by atoms with Gasteiger partial charge < -0.3 is 20.1 Å². The van der Waals surface area contributed by atoms with E-state index in [9.17, 15) is 9.59 Å². The number of benzene rings is 2. The molecular formula is C23H30N2O4. The van der Waals surface area contributed by atoms with Crippen LogP contribution < -0.4 is 20.1 Å². The van der Waals surface area contributed by atoms with Crippen molar-refractivity contribution in [2.45, 2.75) is 39.8 Å². The number of nitrogens with one attached hydrogen (secondary N) is 2. The van der Waals surface area contributed by atoms with Crippen LogP contribution in [0.15, 0.2) is 42.5 Å². The molecule has 2 N–H and O–H groups in total. The van der Waals surface area contributed by atoms with Gasteiger partial charge in [0.15, 0.2) is 0 Å². The SMILES string of the molecule is COc1ccc(OC)c(C(C)NC(=O)C(NC(=O)c2ccccc2C)C(C)C)c1. The second-order valence-electron chi connectivity index (χ2n) is 7.35. The first-order valence-corrected chi connectivity index (χ1v) is 9.67. The molecule has 0 heterocycles. The van der Waals surface area contributed by atoms with Gasteiger partial charge in [-0.2, -0.15) is 0 Å². The molecule has 156 valence electrons. The Morgan fingerprint density at radius 2 is 1.62 bits per heavy atom. The van der Waals surface area contributed by atoms with Gasteiger partial charge in [-0.25, -0.2) is 0 Å². The average molecular weight is 399 g/mol. The van der Waals surface area contributed by atoms with E-state index >= 15 is 0 Å². The first-order chi connectivity index (χ1) is 13.8. The number of aryl methyl sites for hydroxylation is 1. The lowest BCUT2D eigenvalue weighted by Gasteiger charge is -2.25. The smallest absolute Gasteiger partial charge is 0.252 e. The molecule has 0 radical (unpaired) electrons. The van der Waals surface area contributed by atoms with Crippen molar-refractivity contribution in [3.8, 4) is 11.5 Å². The minimum absolute atomic E-state index is 0.0811. The van der Waals surface area contributed by atoms with Gasteiger partial charge in [0.25, 0.3) is 5.91 Å². The summed E-state index contributed by atoms with van der Waals surface area (Å²) >= 11 is 0. The second kappa shape index (κ2) is 9.96. The van der Waals surface area contributed by atoms with Gasteiger partial charge in [-0.05, 0) is 49.6 Å². The van der Waals surface area contributed by atoms with Gasteiger partial charge >= 0.3 is 0 Å². The fraction of sp³-hybridized carbons (Fsp3) is 0.391. The van der Waals surface area contributed by atoms with E-state index in [4.69, 9.17) is 9.47 Å². The Kier molecular flexibility index (Phi) is 7.65. The summed E-state index contributed by atoms with van der Waals surface area (Å²) in [6, 6.07) is 11.8. The summed E-state index contributed by atoms with van der Waals surface area (Å²) in [5, 5.41) is 5.86. The van der Waals surface area contributed by atoms with Crippen molar-refractivity contribution in [1.29, 1.82) is 0 Å². The number of amides is 2. The number of hydrogen-bond donors (Lipinski definition) is 2. The molecule has 2 aromatic rings. The summed E-state index contributed by atoms with van der Waals surface area (Å²) in [5.41, 5.74) is 2.23. The van der Waals surface area contributed by atoms with Crippen LogP contribution in [0.25, 0.3) is 0 Å². The molecular weight excluding hydrogens is 368 g/mol. The van der Waals surface area contributed by atoms with Crippen molar-refractivity contribution in [2.75, 3.05) is 14.2 Å². The zero-order valence-corrected chi connectivity index (χ0v) is 17.9. The van der Waals surface area contributed by atoms with Crippen molar-refractivity contribution in [2.24, 2.45) is 5.92 Å². The van der Waals surface area contributed by atoms with Crippen molar-refractivity contribution in [3.05, 3.63) is 59.2 Å². The molecule has 6 nitrogen and oxygen atoms in total. The number of rotatable bonds is 8. The number of ether oxygens (including phenoxy) is 2. The summed E-state index contributed by atoms with van der Waals surface area (Å²) in [6.07, 6.45) is 0. The maximum absolute atomic E-state index is 13.0. The third kappa shape index (κ3) is 5.50. The summed E-state index contributed by atoms with van der Waals surface area (Å²) in [7, 11) is 3.17. The molecule has 2 amide bonds. The lowest BCUT2D eigenvalue weighted by atomic mass is 10.0. The molecule has 0 bridgehead atoms. The zero-order chi connectivity index (χ0) is 21.6. The molecule has 29 heavy (non-hydrogen) atoms. The highest BCUT2D eigenvalue weighted by Gasteiger charge is 2.27. The van der Waals surface area contributed by atoms with E-state index in [0.717, 1.165) is 11.1 Å². The maximum atomic E-state index is 13.0. The Morgan fingerprint density at radius 1 is 0.931 bits per heavy atom. The largest absolute Gasteiger partial charge is 0.497 e. The number of carbonyl (C=O) groups is 2. The summed E-state index contributed by atoms with van der Waals surface area (Å²) < 4.78 is 10.7. The monoisotopic (exact) mass is 398 g/mol. The van der Waals surface area contributed by atoms with Crippen molar-refractivity contribution < 1.29 is 19.1 Å². The van der Waals surface area contributed by atoms with E-state index in [1.54, 1.807) is 32.4 Å². The fourth-order valence-corrected chi connectivity index (χ4v) is 3.14. The Balaban J connectivity index is 2.17. The van der Waals surface area contributed by atoms with Crippen LogP contribution in [0.3, 0.4) is 0 Å². The van der Waals surface area contributed by atoms with Crippen molar-refractivity contribution in [3.63, 3.8) is 0 Å². The van der Waals surface area contributed by atoms with E-state index in [2.05, 4.69) is 10.6 Å².